The minimum atomic E-state index is -0.473. The second-order valence-corrected chi connectivity index (χ2v) is 3.07. The molecule has 1 rings (SSSR count). The van der Waals surface area contributed by atoms with E-state index in [1.54, 1.807) is 6.08 Å². The van der Waals surface area contributed by atoms with Crippen LogP contribution in [-0.2, 0) is 9.47 Å². The van der Waals surface area contributed by atoms with E-state index >= 15 is 0 Å². The lowest BCUT2D eigenvalue weighted by Gasteiger charge is -1.95. The first-order chi connectivity index (χ1) is 6.69. The van der Waals surface area contributed by atoms with Crippen molar-refractivity contribution in [3.05, 3.63) is 22.4 Å². The van der Waals surface area contributed by atoms with Gasteiger partial charge in [-0.25, -0.2) is 9.78 Å². The molecule has 1 N–H and O–H groups in total. The third-order valence-corrected chi connectivity index (χ3v) is 1.83. The van der Waals surface area contributed by atoms with Gasteiger partial charge < -0.3 is 14.5 Å². The Hall–Kier alpha value is -1.30. The Morgan fingerprint density at radius 3 is 2.86 bits per heavy atom. The number of methoxy groups -OCH3 is 2. The molecule has 0 saturated carbocycles. The van der Waals surface area contributed by atoms with Crippen LogP contribution in [0, 0.1) is 0 Å². The number of carbonyl (C=O) groups is 1. The minimum Gasteiger partial charge on any atom is -0.504 e. The Morgan fingerprint density at radius 1 is 1.57 bits per heavy atom. The number of hydrogen-bond donors (Lipinski definition) is 1. The molecule has 0 unspecified atom stereocenters. The van der Waals surface area contributed by atoms with Crippen LogP contribution in [0.15, 0.2) is 11.0 Å². The summed E-state index contributed by atoms with van der Waals surface area (Å²) < 4.78 is 9.75. The number of aromatic nitrogens is 2. The summed E-state index contributed by atoms with van der Waals surface area (Å²) in [7, 11) is 2.82. The van der Waals surface area contributed by atoms with Gasteiger partial charge in [-0.05, 0) is 15.9 Å². The number of esters is 1. The van der Waals surface area contributed by atoms with Gasteiger partial charge in [0.25, 0.3) is 0 Å². The lowest BCUT2D eigenvalue weighted by atomic mass is 10.3. The number of carbonyl (C=O) groups excluding carboxylic acids is 1. The van der Waals surface area contributed by atoms with Gasteiger partial charge in [0.1, 0.15) is 5.69 Å². The van der Waals surface area contributed by atoms with E-state index in [2.05, 4.69) is 30.6 Å². The van der Waals surface area contributed by atoms with Crippen LogP contribution in [0.3, 0.4) is 0 Å². The monoisotopic (exact) mass is 260 g/mol. The molecule has 0 radical (unpaired) electrons. The minimum absolute atomic E-state index is 0.285. The maximum atomic E-state index is 11.2. The maximum Gasteiger partial charge on any atom is 0.356 e. The molecule has 0 aliphatic carbocycles. The average molecular weight is 261 g/mol. The van der Waals surface area contributed by atoms with Crippen LogP contribution in [0.2, 0.25) is 0 Å². The highest BCUT2D eigenvalue weighted by atomic mass is 79.9. The van der Waals surface area contributed by atoms with Crippen LogP contribution in [0.5, 0.6) is 0 Å². The summed E-state index contributed by atoms with van der Waals surface area (Å²) in [4.78, 5) is 18.0. The Balaban J connectivity index is 3.02. The van der Waals surface area contributed by atoms with E-state index in [4.69, 9.17) is 4.74 Å². The molecule has 14 heavy (non-hydrogen) atoms. The molecule has 1 aromatic rings. The molecule has 5 nitrogen and oxygen atoms in total. The molecule has 0 bridgehead atoms. The zero-order chi connectivity index (χ0) is 10.6. The Bertz CT molecular complexity index is 359. The molecule has 6 heteroatoms. The number of ether oxygens (including phenoxy) is 2. The van der Waals surface area contributed by atoms with E-state index in [0.29, 0.717) is 10.4 Å². The molecule has 0 aliphatic heterocycles. The summed E-state index contributed by atoms with van der Waals surface area (Å²) in [6.07, 6.45) is 2.99. The number of imidazole rings is 1. The van der Waals surface area contributed by atoms with Gasteiger partial charge in [0.15, 0.2) is 10.4 Å². The quantitative estimate of drug-likeness (QED) is 0.662. The van der Waals surface area contributed by atoms with Crippen molar-refractivity contribution in [1.82, 2.24) is 9.97 Å². The fourth-order valence-electron chi connectivity index (χ4n) is 0.868. The number of hydrogen-bond acceptors (Lipinski definition) is 4. The molecule has 0 saturated heterocycles. The van der Waals surface area contributed by atoms with Gasteiger partial charge >= 0.3 is 5.97 Å². The van der Waals surface area contributed by atoms with Gasteiger partial charge in [-0.15, -0.1) is 0 Å². The molecule has 0 amide bonds. The van der Waals surface area contributed by atoms with Crippen molar-refractivity contribution in [2.24, 2.45) is 0 Å². The Morgan fingerprint density at radius 2 is 2.29 bits per heavy atom. The first-order valence-electron chi connectivity index (χ1n) is 3.72. The standard InChI is InChI=1S/C8H9BrN2O3/c1-13-4-3-5-6(7(12)14-2)11-8(9)10-5/h3-4H,1-2H3,(H,10,11). The summed E-state index contributed by atoms with van der Waals surface area (Å²) in [5.41, 5.74) is 0.748. The molecule has 0 fully saturated rings. The van der Waals surface area contributed by atoms with Crippen molar-refractivity contribution in [1.29, 1.82) is 0 Å². The maximum absolute atomic E-state index is 11.2. The lowest BCUT2D eigenvalue weighted by Crippen LogP contribution is -2.03. The first-order valence-corrected chi connectivity index (χ1v) is 4.51. The summed E-state index contributed by atoms with van der Waals surface area (Å²) in [6.45, 7) is 0. The van der Waals surface area contributed by atoms with Gasteiger partial charge in [-0.2, -0.15) is 0 Å². The molecular formula is C8H9BrN2O3. The molecule has 0 aliphatic rings. The van der Waals surface area contributed by atoms with Gasteiger partial charge in [0.2, 0.25) is 0 Å². The number of H-pyrrole nitrogens is 1. The topological polar surface area (TPSA) is 64.2 Å². The second kappa shape index (κ2) is 4.80. The summed E-state index contributed by atoms with van der Waals surface area (Å²) >= 11 is 3.12. The van der Waals surface area contributed by atoms with Gasteiger partial charge in [-0.3, -0.25) is 0 Å². The van der Waals surface area contributed by atoms with Crippen LogP contribution in [0.1, 0.15) is 16.2 Å². The van der Waals surface area contributed by atoms with Crippen molar-refractivity contribution in [3.8, 4) is 0 Å². The number of nitrogens with one attached hydrogen (secondary N) is 1. The van der Waals surface area contributed by atoms with Crippen molar-refractivity contribution in [2.45, 2.75) is 0 Å². The van der Waals surface area contributed by atoms with Crippen molar-refractivity contribution < 1.29 is 14.3 Å². The van der Waals surface area contributed by atoms with Crippen LogP contribution >= 0.6 is 15.9 Å². The van der Waals surface area contributed by atoms with Crippen molar-refractivity contribution in [3.63, 3.8) is 0 Å². The van der Waals surface area contributed by atoms with E-state index < -0.39 is 5.97 Å². The highest BCUT2D eigenvalue weighted by Gasteiger charge is 2.14. The second-order valence-electron chi connectivity index (χ2n) is 2.32. The zero-order valence-corrected chi connectivity index (χ0v) is 9.29. The molecule has 0 spiro atoms. The molecule has 0 atom stereocenters. The van der Waals surface area contributed by atoms with E-state index in [-0.39, 0.29) is 5.69 Å². The van der Waals surface area contributed by atoms with E-state index in [9.17, 15) is 4.79 Å². The van der Waals surface area contributed by atoms with Crippen LogP contribution in [-0.4, -0.2) is 30.2 Å². The smallest absolute Gasteiger partial charge is 0.356 e. The molecular weight excluding hydrogens is 252 g/mol. The van der Waals surface area contributed by atoms with Gasteiger partial charge in [-0.1, -0.05) is 0 Å². The summed E-state index contributed by atoms with van der Waals surface area (Å²) in [5.74, 6) is -0.473. The van der Waals surface area contributed by atoms with Crippen LogP contribution < -0.4 is 0 Å². The molecule has 0 aromatic carbocycles. The van der Waals surface area contributed by atoms with Gasteiger partial charge in [0, 0.05) is 6.08 Å². The number of halogens is 1. The van der Waals surface area contributed by atoms with Gasteiger partial charge in [0.05, 0.1) is 20.5 Å². The predicted molar refractivity (Wildman–Crippen MR) is 53.7 cm³/mol. The number of aromatic amines is 1. The summed E-state index contributed by atoms with van der Waals surface area (Å²) in [5, 5.41) is 0. The average Bonchev–Trinajstić information content (AvgIpc) is 2.55. The third kappa shape index (κ3) is 2.35. The highest BCUT2D eigenvalue weighted by molar-refractivity contribution is 9.10. The van der Waals surface area contributed by atoms with Crippen molar-refractivity contribution in [2.75, 3.05) is 14.2 Å². The molecule has 76 valence electrons. The highest BCUT2D eigenvalue weighted by Crippen LogP contribution is 2.13. The Kier molecular flexibility index (Phi) is 3.70. The Labute approximate surface area is 89.3 Å². The van der Waals surface area contributed by atoms with Crippen LogP contribution in [0.25, 0.3) is 6.08 Å². The molecule has 1 heterocycles. The largest absolute Gasteiger partial charge is 0.504 e. The van der Waals surface area contributed by atoms with Crippen LogP contribution in [0.4, 0.5) is 0 Å². The fourth-order valence-corrected chi connectivity index (χ4v) is 1.26. The van der Waals surface area contributed by atoms with Crippen molar-refractivity contribution >= 4 is 28.0 Å². The van der Waals surface area contributed by atoms with E-state index in [0.717, 1.165) is 0 Å². The lowest BCUT2D eigenvalue weighted by molar-refractivity contribution is 0.0594. The first kappa shape index (κ1) is 10.8. The zero-order valence-electron chi connectivity index (χ0n) is 7.70. The van der Waals surface area contributed by atoms with E-state index in [1.165, 1.54) is 20.5 Å². The summed E-state index contributed by atoms with van der Waals surface area (Å²) in [6, 6.07) is 0. The predicted octanol–water partition coefficient (Wildman–Crippen LogP) is 1.58. The SMILES string of the molecule is COC=Cc1nc(Br)[nH]c1C(=O)OC. The third-order valence-electron chi connectivity index (χ3n) is 1.45. The number of rotatable bonds is 3. The molecule has 1 aromatic heterocycles. The van der Waals surface area contributed by atoms with E-state index in [1.807, 2.05) is 0 Å². The fraction of sp³-hybridized carbons (Fsp3) is 0.250. The normalized spacial score (nSPS) is 10.5. The number of nitrogens with zero attached hydrogens (tertiary/aromatic N) is 1.